The molecule has 1 unspecified atom stereocenters. The molecule has 25 heavy (non-hydrogen) atoms. The fraction of sp³-hybridized carbons (Fsp3) is 0.217. The molecule has 0 amide bonds. The van der Waals surface area contributed by atoms with E-state index in [0.717, 1.165) is 6.61 Å². The Morgan fingerprint density at radius 3 is 1.32 bits per heavy atom. The van der Waals surface area contributed by atoms with Crippen LogP contribution in [0.2, 0.25) is 0 Å². The van der Waals surface area contributed by atoms with E-state index in [9.17, 15) is 0 Å². The molecule has 1 aliphatic rings. The molecule has 0 aliphatic carbocycles. The Balaban J connectivity index is 0.000000258. The Morgan fingerprint density at radius 1 is 0.680 bits per heavy atom. The lowest BCUT2D eigenvalue weighted by Crippen LogP contribution is -2.20. The normalized spacial score (nSPS) is 16.3. The maximum Gasteiger partial charge on any atom is 0.0547 e. The number of hydrogen-bond acceptors (Lipinski definition) is 1. The van der Waals surface area contributed by atoms with Crippen molar-refractivity contribution >= 4 is 23.8 Å². The highest BCUT2D eigenvalue weighted by Crippen LogP contribution is 2.32. The van der Waals surface area contributed by atoms with Gasteiger partial charge in [0, 0.05) is 6.61 Å². The quantitative estimate of drug-likeness (QED) is 0.627. The summed E-state index contributed by atoms with van der Waals surface area (Å²) in [6, 6.07) is 32.3. The molecule has 1 atom stereocenters. The zero-order chi connectivity index (χ0) is 17.3. The zero-order valence-corrected chi connectivity index (χ0v) is 15.6. The molecule has 0 spiro atoms. The van der Waals surface area contributed by atoms with Crippen molar-refractivity contribution in [2.45, 2.75) is 25.9 Å². The molecule has 1 nitrogen and oxygen atoms in total. The lowest BCUT2D eigenvalue weighted by atomic mass is 10.3. The molecule has 0 saturated carbocycles. The van der Waals surface area contributed by atoms with E-state index in [-0.39, 0.29) is 0 Å². The van der Waals surface area contributed by atoms with Crippen molar-refractivity contribution in [2.75, 3.05) is 6.61 Å². The maximum atomic E-state index is 5.15. The predicted octanol–water partition coefficient (Wildman–Crippen LogP) is 4.63. The lowest BCUT2D eigenvalue weighted by molar-refractivity contribution is 0.125. The summed E-state index contributed by atoms with van der Waals surface area (Å²) >= 11 is 0. The minimum absolute atomic E-state index is 0.446. The van der Waals surface area contributed by atoms with Crippen molar-refractivity contribution in [3.8, 4) is 0 Å². The molecule has 0 radical (unpaired) electrons. The molecule has 1 heterocycles. The highest BCUT2D eigenvalue weighted by atomic mass is 31.1. The van der Waals surface area contributed by atoms with Crippen LogP contribution < -0.4 is 15.9 Å². The molecule has 1 saturated heterocycles. The Bertz CT molecular complexity index is 628. The van der Waals surface area contributed by atoms with Crippen LogP contribution in [-0.2, 0) is 4.74 Å². The van der Waals surface area contributed by atoms with E-state index in [2.05, 4.69) is 97.9 Å². The van der Waals surface area contributed by atoms with Crippen LogP contribution in [0.1, 0.15) is 19.8 Å². The molecular weight excluding hydrogens is 323 g/mol. The molecule has 0 N–H and O–H groups in total. The Hall–Kier alpha value is -1.95. The molecule has 3 aromatic carbocycles. The Morgan fingerprint density at radius 2 is 1.08 bits per heavy atom. The molecule has 1 fully saturated rings. The maximum absolute atomic E-state index is 5.15. The summed E-state index contributed by atoms with van der Waals surface area (Å²) in [5, 5.41) is 4.19. The molecular formula is C23H25OP. The van der Waals surface area contributed by atoms with Gasteiger partial charge in [-0.05, 0) is 43.6 Å². The first kappa shape index (κ1) is 17.9. The minimum atomic E-state index is -0.446. The molecule has 1 aliphatic heterocycles. The van der Waals surface area contributed by atoms with Gasteiger partial charge in [-0.25, -0.2) is 0 Å². The van der Waals surface area contributed by atoms with Crippen molar-refractivity contribution in [1.29, 1.82) is 0 Å². The van der Waals surface area contributed by atoms with Crippen LogP contribution >= 0.6 is 7.92 Å². The van der Waals surface area contributed by atoms with Crippen LogP contribution in [-0.4, -0.2) is 12.7 Å². The monoisotopic (exact) mass is 348 g/mol. The van der Waals surface area contributed by atoms with Gasteiger partial charge in [-0.3, -0.25) is 0 Å². The van der Waals surface area contributed by atoms with Gasteiger partial charge in [0.2, 0.25) is 0 Å². The smallest absolute Gasteiger partial charge is 0.0547 e. The SMILES string of the molecule is CC1CCCO1.c1ccc(P(c2ccccc2)c2ccccc2)cc1. The van der Waals surface area contributed by atoms with E-state index in [1.54, 1.807) is 0 Å². The average molecular weight is 348 g/mol. The fourth-order valence-electron chi connectivity index (χ4n) is 2.92. The van der Waals surface area contributed by atoms with Crippen molar-refractivity contribution < 1.29 is 4.74 Å². The topological polar surface area (TPSA) is 9.23 Å². The van der Waals surface area contributed by atoms with E-state index in [4.69, 9.17) is 4.74 Å². The van der Waals surface area contributed by atoms with Gasteiger partial charge in [0.25, 0.3) is 0 Å². The van der Waals surface area contributed by atoms with Crippen LogP contribution in [0, 0.1) is 0 Å². The van der Waals surface area contributed by atoms with Crippen molar-refractivity contribution in [3.05, 3.63) is 91.0 Å². The van der Waals surface area contributed by atoms with Crippen LogP contribution in [0.3, 0.4) is 0 Å². The summed E-state index contributed by atoms with van der Waals surface area (Å²) in [7, 11) is -0.446. The van der Waals surface area contributed by atoms with E-state index < -0.39 is 7.92 Å². The van der Waals surface area contributed by atoms with Gasteiger partial charge >= 0.3 is 0 Å². The summed E-state index contributed by atoms with van der Waals surface area (Å²) in [6.07, 6.45) is 3.08. The van der Waals surface area contributed by atoms with Crippen molar-refractivity contribution in [2.24, 2.45) is 0 Å². The van der Waals surface area contributed by atoms with E-state index in [0.29, 0.717) is 6.10 Å². The summed E-state index contributed by atoms with van der Waals surface area (Å²) in [5.74, 6) is 0. The fourth-order valence-corrected chi connectivity index (χ4v) is 5.22. The zero-order valence-electron chi connectivity index (χ0n) is 14.7. The van der Waals surface area contributed by atoms with Gasteiger partial charge in [-0.1, -0.05) is 91.0 Å². The largest absolute Gasteiger partial charge is 0.379 e. The van der Waals surface area contributed by atoms with Crippen LogP contribution in [0.25, 0.3) is 0 Å². The first-order chi connectivity index (χ1) is 12.3. The second-order valence-electron chi connectivity index (χ2n) is 6.17. The average Bonchev–Trinajstić information content (AvgIpc) is 3.16. The summed E-state index contributed by atoms with van der Waals surface area (Å²) in [6.45, 7) is 3.11. The van der Waals surface area contributed by atoms with Crippen LogP contribution in [0.15, 0.2) is 91.0 Å². The van der Waals surface area contributed by atoms with Crippen LogP contribution in [0.4, 0.5) is 0 Å². The first-order valence-corrected chi connectivity index (χ1v) is 10.3. The Kier molecular flexibility index (Phi) is 6.79. The molecule has 4 rings (SSSR count). The predicted molar refractivity (Wildman–Crippen MR) is 110 cm³/mol. The van der Waals surface area contributed by atoms with E-state index >= 15 is 0 Å². The number of benzene rings is 3. The number of ether oxygens (including phenoxy) is 1. The van der Waals surface area contributed by atoms with Gasteiger partial charge < -0.3 is 4.74 Å². The molecule has 0 aromatic heterocycles. The summed E-state index contributed by atoms with van der Waals surface area (Å²) in [4.78, 5) is 0. The second kappa shape index (κ2) is 9.51. The third-order valence-electron chi connectivity index (χ3n) is 4.20. The molecule has 0 bridgehead atoms. The standard InChI is InChI=1S/C18H15P.C5H10O/c1-4-10-16(11-5-1)19(17-12-6-2-7-13-17)18-14-8-3-9-15-18;1-5-3-2-4-6-5/h1-15H;5H,2-4H2,1H3. The van der Waals surface area contributed by atoms with Gasteiger partial charge in [0.15, 0.2) is 0 Å². The van der Waals surface area contributed by atoms with Gasteiger partial charge in [-0.15, -0.1) is 0 Å². The third kappa shape index (κ3) is 5.26. The lowest BCUT2D eigenvalue weighted by Gasteiger charge is -2.18. The van der Waals surface area contributed by atoms with Crippen LogP contribution in [0.5, 0.6) is 0 Å². The number of rotatable bonds is 3. The second-order valence-corrected chi connectivity index (χ2v) is 8.39. The van der Waals surface area contributed by atoms with E-state index in [1.165, 1.54) is 28.8 Å². The minimum Gasteiger partial charge on any atom is -0.379 e. The summed E-state index contributed by atoms with van der Waals surface area (Å²) < 4.78 is 5.15. The van der Waals surface area contributed by atoms with Gasteiger partial charge in [0.1, 0.15) is 0 Å². The van der Waals surface area contributed by atoms with Crippen molar-refractivity contribution in [3.63, 3.8) is 0 Å². The third-order valence-corrected chi connectivity index (χ3v) is 6.64. The number of hydrogen-bond donors (Lipinski definition) is 0. The van der Waals surface area contributed by atoms with Gasteiger partial charge in [0.05, 0.1) is 6.10 Å². The van der Waals surface area contributed by atoms with Crippen molar-refractivity contribution in [1.82, 2.24) is 0 Å². The molecule has 2 heteroatoms. The Labute approximate surface area is 152 Å². The van der Waals surface area contributed by atoms with E-state index in [1.807, 2.05) is 0 Å². The highest BCUT2D eigenvalue weighted by Gasteiger charge is 2.15. The molecule has 3 aromatic rings. The molecule has 128 valence electrons. The first-order valence-electron chi connectivity index (χ1n) is 8.91. The highest BCUT2D eigenvalue weighted by molar-refractivity contribution is 7.79. The van der Waals surface area contributed by atoms with Gasteiger partial charge in [-0.2, -0.15) is 0 Å². The summed E-state index contributed by atoms with van der Waals surface area (Å²) in [5.41, 5.74) is 0.